The third-order valence-corrected chi connectivity index (χ3v) is 6.88. The number of nitrogens with zero attached hydrogens (tertiary/aromatic N) is 2. The van der Waals surface area contributed by atoms with E-state index in [1.54, 1.807) is 37.9 Å². The van der Waals surface area contributed by atoms with Gasteiger partial charge >= 0.3 is 0 Å². The van der Waals surface area contributed by atoms with E-state index in [0.717, 1.165) is 5.56 Å². The predicted octanol–water partition coefficient (Wildman–Crippen LogP) is 2.76. The van der Waals surface area contributed by atoms with E-state index in [1.807, 2.05) is 18.2 Å². The fourth-order valence-corrected chi connectivity index (χ4v) is 4.69. The number of benzene rings is 2. The molecule has 3 rings (SSSR count). The van der Waals surface area contributed by atoms with E-state index in [1.165, 1.54) is 16.4 Å². The Morgan fingerprint density at radius 3 is 2.21 bits per heavy atom. The van der Waals surface area contributed by atoms with Crippen molar-refractivity contribution in [2.24, 2.45) is 0 Å². The quantitative estimate of drug-likeness (QED) is 0.691. The van der Waals surface area contributed by atoms with E-state index in [2.05, 4.69) is 0 Å². The number of fused-ring (bicyclic) bond motifs is 1. The van der Waals surface area contributed by atoms with E-state index in [9.17, 15) is 13.2 Å². The van der Waals surface area contributed by atoms with E-state index < -0.39 is 10.0 Å². The molecule has 0 bridgehead atoms. The summed E-state index contributed by atoms with van der Waals surface area (Å²) in [5, 5.41) is 0. The Bertz CT molecular complexity index is 969. The summed E-state index contributed by atoms with van der Waals surface area (Å²) < 4.78 is 37.6. The topological polar surface area (TPSA) is 76.2 Å². The van der Waals surface area contributed by atoms with Crippen LogP contribution in [-0.4, -0.2) is 56.9 Å². The van der Waals surface area contributed by atoms with Gasteiger partial charge in [0.05, 0.1) is 4.90 Å². The van der Waals surface area contributed by atoms with Crippen LogP contribution in [0.4, 0.5) is 0 Å². The number of ether oxygens (including phenoxy) is 2. The smallest absolute Gasteiger partial charge is 0.253 e. The van der Waals surface area contributed by atoms with Gasteiger partial charge in [0, 0.05) is 32.2 Å². The summed E-state index contributed by atoms with van der Waals surface area (Å²) in [5.74, 6) is 1.20. The molecule has 7 nitrogen and oxygen atoms in total. The van der Waals surface area contributed by atoms with E-state index >= 15 is 0 Å². The number of amides is 1. The first kappa shape index (κ1) is 21.1. The molecule has 1 heterocycles. The van der Waals surface area contributed by atoms with Crippen molar-refractivity contribution < 1.29 is 22.7 Å². The van der Waals surface area contributed by atoms with Gasteiger partial charge in [0.2, 0.25) is 10.0 Å². The van der Waals surface area contributed by atoms with Crippen LogP contribution in [0.1, 0.15) is 29.8 Å². The Morgan fingerprint density at radius 1 is 0.966 bits per heavy atom. The number of hydrogen-bond acceptors (Lipinski definition) is 5. The molecule has 0 fully saturated rings. The highest BCUT2D eigenvalue weighted by Crippen LogP contribution is 2.31. The molecule has 156 valence electrons. The zero-order valence-corrected chi connectivity index (χ0v) is 17.7. The fraction of sp³-hybridized carbons (Fsp3) is 0.381. The van der Waals surface area contributed by atoms with Crippen molar-refractivity contribution in [3.63, 3.8) is 0 Å². The Labute approximate surface area is 171 Å². The van der Waals surface area contributed by atoms with E-state index in [4.69, 9.17) is 9.47 Å². The number of sulfonamides is 1. The number of rotatable bonds is 7. The van der Waals surface area contributed by atoms with Gasteiger partial charge in [-0.1, -0.05) is 19.9 Å². The third-order valence-electron chi connectivity index (χ3n) is 4.82. The minimum absolute atomic E-state index is 0.187. The summed E-state index contributed by atoms with van der Waals surface area (Å²) in [7, 11) is -1.83. The monoisotopic (exact) mass is 418 g/mol. The second-order valence-corrected chi connectivity index (χ2v) is 8.69. The van der Waals surface area contributed by atoms with Crippen molar-refractivity contribution >= 4 is 15.9 Å². The molecule has 0 N–H and O–H groups in total. The number of carbonyl (C=O) groups excluding carboxylic acids is 1. The molecule has 1 amide bonds. The van der Waals surface area contributed by atoms with Crippen LogP contribution in [0, 0.1) is 0 Å². The molecule has 0 aliphatic carbocycles. The molecule has 2 aromatic carbocycles. The molecule has 0 aromatic heterocycles. The first-order valence-electron chi connectivity index (χ1n) is 9.61. The molecule has 8 heteroatoms. The SMILES string of the molecule is CCN(CC)S(=O)(=O)c1ccc(C(=O)N(C)Cc2ccc3c(c2)OCCO3)cc1. The standard InChI is InChI=1S/C21H26N2O5S/c1-4-23(5-2)29(25,26)18-9-7-17(8-10-18)21(24)22(3)15-16-6-11-19-20(14-16)28-13-12-27-19/h6-11,14H,4-5,12-13,15H2,1-3H3. The lowest BCUT2D eigenvalue weighted by Crippen LogP contribution is -2.30. The Morgan fingerprint density at radius 2 is 1.59 bits per heavy atom. The van der Waals surface area contributed by atoms with Crippen LogP contribution in [0.2, 0.25) is 0 Å². The summed E-state index contributed by atoms with van der Waals surface area (Å²) in [4.78, 5) is 14.5. The van der Waals surface area contributed by atoms with Crippen LogP contribution in [0.15, 0.2) is 47.4 Å². The average molecular weight is 419 g/mol. The molecule has 0 unspecified atom stereocenters. The lowest BCUT2D eigenvalue weighted by Gasteiger charge is -2.21. The molecule has 0 saturated carbocycles. The summed E-state index contributed by atoms with van der Waals surface area (Å²) in [6.45, 7) is 5.83. The molecule has 0 spiro atoms. The van der Waals surface area contributed by atoms with Crippen LogP contribution in [0.25, 0.3) is 0 Å². The van der Waals surface area contributed by atoms with Crippen LogP contribution in [-0.2, 0) is 16.6 Å². The molecule has 0 saturated heterocycles. The van der Waals surface area contributed by atoms with Gasteiger partial charge in [-0.15, -0.1) is 0 Å². The van der Waals surface area contributed by atoms with Crippen LogP contribution >= 0.6 is 0 Å². The maximum atomic E-state index is 12.8. The van der Waals surface area contributed by atoms with Gasteiger partial charge in [-0.05, 0) is 42.0 Å². The Hall–Kier alpha value is -2.58. The predicted molar refractivity (Wildman–Crippen MR) is 110 cm³/mol. The lowest BCUT2D eigenvalue weighted by atomic mass is 10.1. The van der Waals surface area contributed by atoms with Crippen molar-refractivity contribution in [1.82, 2.24) is 9.21 Å². The first-order chi connectivity index (χ1) is 13.9. The normalized spacial score (nSPS) is 13.4. The lowest BCUT2D eigenvalue weighted by molar-refractivity contribution is 0.0784. The molecule has 2 aromatic rings. The fourth-order valence-electron chi connectivity index (χ4n) is 3.23. The summed E-state index contributed by atoms with van der Waals surface area (Å²) in [6, 6.07) is 11.7. The first-order valence-corrected chi connectivity index (χ1v) is 11.0. The largest absolute Gasteiger partial charge is 0.486 e. The molecular formula is C21H26N2O5S. The second kappa shape index (κ2) is 8.84. The zero-order valence-electron chi connectivity index (χ0n) is 16.9. The van der Waals surface area contributed by atoms with Crippen molar-refractivity contribution in [1.29, 1.82) is 0 Å². The molecule has 29 heavy (non-hydrogen) atoms. The highest BCUT2D eigenvalue weighted by molar-refractivity contribution is 7.89. The summed E-state index contributed by atoms with van der Waals surface area (Å²) in [6.07, 6.45) is 0. The molecule has 0 radical (unpaired) electrons. The van der Waals surface area contributed by atoms with Gasteiger partial charge in [-0.2, -0.15) is 4.31 Å². The molecule has 1 aliphatic rings. The van der Waals surface area contributed by atoms with Crippen molar-refractivity contribution in [3.8, 4) is 11.5 Å². The van der Waals surface area contributed by atoms with Gasteiger partial charge < -0.3 is 14.4 Å². The summed E-state index contributed by atoms with van der Waals surface area (Å²) >= 11 is 0. The maximum Gasteiger partial charge on any atom is 0.253 e. The van der Waals surface area contributed by atoms with Crippen molar-refractivity contribution in [3.05, 3.63) is 53.6 Å². The zero-order chi connectivity index (χ0) is 21.0. The Kier molecular flexibility index (Phi) is 6.44. The highest BCUT2D eigenvalue weighted by Gasteiger charge is 2.22. The second-order valence-electron chi connectivity index (χ2n) is 6.75. The molecule has 0 atom stereocenters. The average Bonchev–Trinajstić information content (AvgIpc) is 2.74. The minimum Gasteiger partial charge on any atom is -0.486 e. The number of carbonyl (C=O) groups is 1. The Balaban J connectivity index is 1.71. The van der Waals surface area contributed by atoms with Gasteiger partial charge in [-0.25, -0.2) is 8.42 Å². The maximum absolute atomic E-state index is 12.8. The van der Waals surface area contributed by atoms with Crippen molar-refractivity contribution in [2.75, 3.05) is 33.4 Å². The summed E-state index contributed by atoms with van der Waals surface area (Å²) in [5.41, 5.74) is 1.36. The minimum atomic E-state index is -3.54. The molecular weight excluding hydrogens is 392 g/mol. The third kappa shape index (κ3) is 4.54. The van der Waals surface area contributed by atoms with Gasteiger partial charge in [-0.3, -0.25) is 4.79 Å². The molecule has 1 aliphatic heterocycles. The van der Waals surface area contributed by atoms with Crippen LogP contribution in [0.3, 0.4) is 0 Å². The highest BCUT2D eigenvalue weighted by atomic mass is 32.2. The van der Waals surface area contributed by atoms with Crippen LogP contribution < -0.4 is 9.47 Å². The van der Waals surface area contributed by atoms with E-state index in [0.29, 0.717) is 49.9 Å². The van der Waals surface area contributed by atoms with Gasteiger partial charge in [0.25, 0.3) is 5.91 Å². The van der Waals surface area contributed by atoms with E-state index in [-0.39, 0.29) is 10.8 Å². The van der Waals surface area contributed by atoms with Crippen LogP contribution in [0.5, 0.6) is 11.5 Å². The van der Waals surface area contributed by atoms with Crippen molar-refractivity contribution in [2.45, 2.75) is 25.3 Å². The number of hydrogen-bond donors (Lipinski definition) is 0. The van der Waals surface area contributed by atoms with Gasteiger partial charge in [0.15, 0.2) is 11.5 Å². The van der Waals surface area contributed by atoms with Gasteiger partial charge in [0.1, 0.15) is 13.2 Å².